The van der Waals surface area contributed by atoms with Crippen molar-refractivity contribution in [1.82, 2.24) is 4.90 Å². The van der Waals surface area contributed by atoms with Crippen LogP contribution in [-0.4, -0.2) is 22.1 Å². The van der Waals surface area contributed by atoms with E-state index in [0.29, 0.717) is 18.4 Å². The molecule has 0 aliphatic carbocycles. The van der Waals surface area contributed by atoms with Gasteiger partial charge in [0.05, 0.1) is 11.2 Å². The van der Waals surface area contributed by atoms with Crippen molar-refractivity contribution in [2.75, 3.05) is 0 Å². The van der Waals surface area contributed by atoms with Crippen LogP contribution in [0, 0.1) is 5.82 Å². The lowest BCUT2D eigenvalue weighted by Gasteiger charge is -2.52. The van der Waals surface area contributed by atoms with Gasteiger partial charge in [0, 0.05) is 18.6 Å². The number of rotatable bonds is 4. The molecule has 2 aliphatic heterocycles. The van der Waals surface area contributed by atoms with E-state index >= 15 is 0 Å². The van der Waals surface area contributed by atoms with Crippen molar-refractivity contribution >= 4 is 0 Å². The van der Waals surface area contributed by atoms with Crippen LogP contribution < -0.4 is 0 Å². The number of aliphatic hydroxyl groups is 1. The van der Waals surface area contributed by atoms with Crippen molar-refractivity contribution in [2.24, 2.45) is 0 Å². The zero-order valence-electron chi connectivity index (χ0n) is 15.1. The number of nitrogens with zero attached hydrogens (tertiary/aromatic N) is 1. The van der Waals surface area contributed by atoms with Crippen molar-refractivity contribution in [3.63, 3.8) is 0 Å². The van der Waals surface area contributed by atoms with Crippen LogP contribution in [0.15, 0.2) is 48.5 Å². The molecule has 0 radical (unpaired) electrons. The third kappa shape index (κ3) is 3.63. The number of alkyl halides is 2. The monoisotopic (exact) mass is 375 g/mol. The average Bonchev–Trinajstić information content (AvgIpc) is 2.63. The minimum atomic E-state index is -2.85. The summed E-state index contributed by atoms with van der Waals surface area (Å²) in [6.07, 6.45) is 1.26. The standard InChI is InChI=1S/C22H24F3NO/c23-20-11-16(9-10-19(20)21(24)25)22(27)12-17-7-4-8-18(13-22)26(17)14-15-5-2-1-3-6-15/h1-3,5-6,9-11,17-18,21,27H,4,7-8,12-14H2. The second-order valence-corrected chi connectivity index (χ2v) is 7.87. The smallest absolute Gasteiger partial charge is 0.266 e. The van der Waals surface area contributed by atoms with E-state index in [2.05, 4.69) is 17.0 Å². The van der Waals surface area contributed by atoms with Gasteiger partial charge in [-0.1, -0.05) is 48.9 Å². The highest BCUT2D eigenvalue weighted by Crippen LogP contribution is 2.45. The molecule has 2 fully saturated rings. The predicted octanol–water partition coefficient (Wildman–Crippen LogP) is 5.17. The first kappa shape index (κ1) is 18.5. The first-order chi connectivity index (χ1) is 13.0. The highest BCUT2D eigenvalue weighted by atomic mass is 19.3. The van der Waals surface area contributed by atoms with E-state index in [4.69, 9.17) is 0 Å². The Morgan fingerprint density at radius 3 is 2.30 bits per heavy atom. The lowest BCUT2D eigenvalue weighted by molar-refractivity contribution is -0.100. The summed E-state index contributed by atoms with van der Waals surface area (Å²) in [6, 6.07) is 14.4. The topological polar surface area (TPSA) is 23.5 Å². The number of benzene rings is 2. The zero-order valence-corrected chi connectivity index (χ0v) is 15.1. The summed E-state index contributed by atoms with van der Waals surface area (Å²) in [5.74, 6) is -0.937. The molecule has 2 aromatic rings. The van der Waals surface area contributed by atoms with Crippen LogP contribution >= 0.6 is 0 Å². The van der Waals surface area contributed by atoms with Gasteiger partial charge in [-0.3, -0.25) is 4.90 Å². The van der Waals surface area contributed by atoms with E-state index in [9.17, 15) is 18.3 Å². The first-order valence-electron chi connectivity index (χ1n) is 9.56. The van der Waals surface area contributed by atoms with Crippen molar-refractivity contribution in [2.45, 2.75) is 62.8 Å². The normalized spacial score (nSPS) is 28.5. The molecule has 2 nitrogen and oxygen atoms in total. The second kappa shape index (κ2) is 7.28. The Morgan fingerprint density at radius 1 is 1.04 bits per heavy atom. The van der Waals surface area contributed by atoms with Crippen LogP contribution in [0.3, 0.4) is 0 Å². The second-order valence-electron chi connectivity index (χ2n) is 7.87. The highest BCUT2D eigenvalue weighted by molar-refractivity contribution is 5.31. The van der Waals surface area contributed by atoms with E-state index < -0.39 is 23.4 Å². The van der Waals surface area contributed by atoms with Crippen molar-refractivity contribution in [3.05, 3.63) is 71.0 Å². The van der Waals surface area contributed by atoms with Crippen molar-refractivity contribution < 1.29 is 18.3 Å². The number of hydrogen-bond donors (Lipinski definition) is 1. The lowest BCUT2D eigenvalue weighted by atomic mass is 9.72. The van der Waals surface area contributed by atoms with Crippen LogP contribution in [0.2, 0.25) is 0 Å². The molecule has 0 amide bonds. The average molecular weight is 375 g/mol. The van der Waals surface area contributed by atoms with Gasteiger partial charge < -0.3 is 5.11 Å². The van der Waals surface area contributed by atoms with E-state index in [-0.39, 0.29) is 12.1 Å². The van der Waals surface area contributed by atoms with Crippen LogP contribution in [0.25, 0.3) is 0 Å². The van der Waals surface area contributed by atoms with Gasteiger partial charge in [-0.2, -0.15) is 0 Å². The first-order valence-corrected chi connectivity index (χ1v) is 9.56. The van der Waals surface area contributed by atoms with E-state index in [1.807, 2.05) is 18.2 Å². The molecular formula is C22H24F3NO. The van der Waals surface area contributed by atoms with Gasteiger partial charge in [0.15, 0.2) is 0 Å². The van der Waals surface area contributed by atoms with Gasteiger partial charge in [0.25, 0.3) is 6.43 Å². The molecule has 2 heterocycles. The molecule has 2 aromatic carbocycles. The summed E-state index contributed by atoms with van der Waals surface area (Å²) in [6.45, 7) is 0.838. The molecule has 0 saturated carbocycles. The summed E-state index contributed by atoms with van der Waals surface area (Å²) < 4.78 is 39.7. The number of piperidine rings is 2. The third-order valence-electron chi connectivity index (χ3n) is 6.14. The fraction of sp³-hybridized carbons (Fsp3) is 0.455. The molecule has 2 atom stereocenters. The Labute approximate surface area is 157 Å². The minimum Gasteiger partial charge on any atom is -0.385 e. The van der Waals surface area contributed by atoms with Gasteiger partial charge in [-0.25, -0.2) is 13.2 Å². The molecule has 5 heteroatoms. The van der Waals surface area contributed by atoms with Gasteiger partial charge in [-0.15, -0.1) is 0 Å². The Balaban J connectivity index is 1.58. The van der Waals surface area contributed by atoms with Crippen LogP contribution in [-0.2, 0) is 12.1 Å². The van der Waals surface area contributed by atoms with Gasteiger partial charge in [-0.05, 0) is 42.9 Å². The maximum absolute atomic E-state index is 14.1. The molecular weight excluding hydrogens is 351 g/mol. The molecule has 0 aromatic heterocycles. The largest absolute Gasteiger partial charge is 0.385 e. The third-order valence-corrected chi connectivity index (χ3v) is 6.14. The summed E-state index contributed by atoms with van der Waals surface area (Å²) >= 11 is 0. The van der Waals surface area contributed by atoms with E-state index in [1.54, 1.807) is 0 Å². The van der Waals surface area contributed by atoms with Crippen LogP contribution in [0.5, 0.6) is 0 Å². The maximum atomic E-state index is 14.1. The number of halogens is 3. The summed E-state index contributed by atoms with van der Waals surface area (Å²) in [7, 11) is 0. The molecule has 0 spiro atoms. The van der Waals surface area contributed by atoms with Gasteiger partial charge >= 0.3 is 0 Å². The van der Waals surface area contributed by atoms with E-state index in [0.717, 1.165) is 37.9 Å². The quantitative estimate of drug-likeness (QED) is 0.797. The Hall–Kier alpha value is -1.85. The van der Waals surface area contributed by atoms with Crippen LogP contribution in [0.4, 0.5) is 13.2 Å². The molecule has 27 heavy (non-hydrogen) atoms. The zero-order chi connectivity index (χ0) is 19.0. The summed E-state index contributed by atoms with van der Waals surface area (Å²) in [4.78, 5) is 2.46. The van der Waals surface area contributed by atoms with E-state index in [1.165, 1.54) is 11.6 Å². The fourth-order valence-corrected chi connectivity index (χ4v) is 4.80. The highest BCUT2D eigenvalue weighted by Gasteiger charge is 2.46. The molecule has 2 bridgehead atoms. The summed E-state index contributed by atoms with van der Waals surface area (Å²) in [5, 5.41) is 11.3. The van der Waals surface area contributed by atoms with Gasteiger partial charge in [0.1, 0.15) is 5.82 Å². The Morgan fingerprint density at radius 2 is 1.70 bits per heavy atom. The molecule has 2 saturated heterocycles. The SMILES string of the molecule is OC1(c2ccc(C(F)F)c(F)c2)CC2CCCC(C1)N2Cc1ccccc1. The number of fused-ring (bicyclic) bond motifs is 2. The predicted molar refractivity (Wildman–Crippen MR) is 97.9 cm³/mol. The van der Waals surface area contributed by atoms with Gasteiger partial charge in [0.2, 0.25) is 0 Å². The van der Waals surface area contributed by atoms with Crippen molar-refractivity contribution in [3.8, 4) is 0 Å². The van der Waals surface area contributed by atoms with Crippen molar-refractivity contribution in [1.29, 1.82) is 0 Å². The van der Waals surface area contributed by atoms with Crippen LogP contribution in [0.1, 0.15) is 55.2 Å². The number of hydrogen-bond acceptors (Lipinski definition) is 2. The minimum absolute atomic E-state index is 0.209. The Bertz CT molecular complexity index is 781. The molecule has 4 rings (SSSR count). The molecule has 2 aliphatic rings. The maximum Gasteiger partial charge on any atom is 0.266 e. The molecule has 144 valence electrons. The molecule has 1 N–H and O–H groups in total. The Kier molecular flexibility index (Phi) is 4.99. The lowest BCUT2D eigenvalue weighted by Crippen LogP contribution is -2.56. The molecule has 2 unspecified atom stereocenters. The summed E-state index contributed by atoms with van der Waals surface area (Å²) in [5.41, 5.74) is -0.110. The fourth-order valence-electron chi connectivity index (χ4n) is 4.80.